The molecule has 1 amide bonds. The fourth-order valence-corrected chi connectivity index (χ4v) is 5.44. The Morgan fingerprint density at radius 2 is 2.02 bits per heavy atom. The van der Waals surface area contributed by atoms with Crippen LogP contribution in [0.1, 0.15) is 13.3 Å². The fourth-order valence-electron chi connectivity index (χ4n) is 4.13. The summed E-state index contributed by atoms with van der Waals surface area (Å²) in [5.41, 5.74) is 6.82. The lowest BCUT2D eigenvalue weighted by Gasteiger charge is -2.31. The molecule has 5 atom stereocenters. The van der Waals surface area contributed by atoms with Crippen LogP contribution < -0.4 is 9.61 Å². The highest BCUT2D eigenvalue weighted by atomic mass is 31.2. The molecule has 2 aromatic rings. The van der Waals surface area contributed by atoms with Gasteiger partial charge in [-0.3, -0.25) is 23.8 Å². The van der Waals surface area contributed by atoms with Crippen LogP contribution in [0.15, 0.2) is 59.9 Å². The number of aliphatic hydroxyl groups excluding tert-OH is 2. The summed E-state index contributed by atoms with van der Waals surface area (Å²) in [6, 6.07) is 12.0. The predicted octanol–water partition coefficient (Wildman–Crippen LogP) is 1.90. The van der Waals surface area contributed by atoms with Gasteiger partial charge in [0.15, 0.2) is 12.0 Å². The van der Waals surface area contributed by atoms with Crippen LogP contribution in [-0.2, 0) is 32.9 Å². The Morgan fingerprint density at radius 3 is 2.75 bits per heavy atom. The number of nitrogens with one attached hydrogen (secondary N) is 1. The van der Waals surface area contributed by atoms with Crippen LogP contribution in [-0.4, -0.2) is 76.7 Å². The minimum atomic E-state index is -4.51. The first-order valence-electron chi connectivity index (χ1n) is 12.1. The van der Waals surface area contributed by atoms with Gasteiger partial charge >= 0.3 is 13.7 Å². The number of allylic oxidation sites excluding steroid dienone is 1. The van der Waals surface area contributed by atoms with E-state index < -0.39 is 69.1 Å². The molecule has 2 aliphatic heterocycles. The molecule has 2 aromatic carbocycles. The third-order valence-electron chi connectivity index (χ3n) is 6.06. The second kappa shape index (κ2) is 12.1. The molecule has 1 fully saturated rings. The van der Waals surface area contributed by atoms with Crippen molar-refractivity contribution in [1.82, 2.24) is 9.99 Å². The molecular formula is C24H26N5O10P. The second-order valence-corrected chi connectivity index (χ2v) is 10.5. The van der Waals surface area contributed by atoms with E-state index >= 15 is 0 Å². The van der Waals surface area contributed by atoms with Gasteiger partial charge in [-0.25, -0.2) is 9.65 Å². The summed E-state index contributed by atoms with van der Waals surface area (Å²) in [5, 5.41) is 28.6. The third kappa shape index (κ3) is 6.16. The fraction of sp³-hybridized carbons (Fsp3) is 0.375. The number of nitrogens with zero attached hydrogens (tertiary/aromatic N) is 4. The van der Waals surface area contributed by atoms with E-state index in [1.807, 2.05) is 0 Å². The van der Waals surface area contributed by atoms with Crippen LogP contribution in [0.2, 0.25) is 0 Å². The summed E-state index contributed by atoms with van der Waals surface area (Å²) >= 11 is 0. The monoisotopic (exact) mass is 575 g/mol. The van der Waals surface area contributed by atoms with Gasteiger partial charge in [0.1, 0.15) is 24.5 Å². The van der Waals surface area contributed by atoms with Gasteiger partial charge in [0.2, 0.25) is 11.6 Å². The molecule has 0 saturated carbocycles. The SMILES string of the molecule is CCOC(=O)CNP(=O)(OC[C@@]1(N=[N+]=[N-])O[C@@H](N2C=CC(=O)CC2=O)[C@H](O)[C@@H]1O)Oc1cccc2ccccc12. The zero-order valence-electron chi connectivity index (χ0n) is 21.2. The summed E-state index contributed by atoms with van der Waals surface area (Å²) in [5.74, 6) is -1.86. The molecule has 0 spiro atoms. The van der Waals surface area contributed by atoms with Gasteiger partial charge in [0.05, 0.1) is 19.6 Å². The Kier molecular flexibility index (Phi) is 8.86. The number of hydrogen-bond donors (Lipinski definition) is 3. The van der Waals surface area contributed by atoms with E-state index in [1.54, 1.807) is 43.3 Å². The van der Waals surface area contributed by atoms with Gasteiger partial charge in [-0.05, 0) is 30.0 Å². The zero-order chi connectivity index (χ0) is 28.9. The standard InChI is InChI=1S/C24H26N5O10P/c1-2-36-20(32)13-26-40(35,39-18-9-5-7-15-6-3-4-8-17(15)18)37-14-24(27-28-25)22(34)21(33)23(38-24)29-11-10-16(30)12-19(29)31/h3-11,21-23,33-34H,2,12-14H2,1H3,(H,26,35)/t21-,22+,23-,24-,40?/m1/s1. The van der Waals surface area contributed by atoms with E-state index in [2.05, 4.69) is 15.1 Å². The van der Waals surface area contributed by atoms with Crippen molar-refractivity contribution in [3.05, 3.63) is 65.2 Å². The van der Waals surface area contributed by atoms with E-state index in [1.165, 1.54) is 6.07 Å². The molecule has 1 unspecified atom stereocenters. The number of ketones is 1. The molecule has 4 rings (SSSR count). The van der Waals surface area contributed by atoms with Gasteiger partial charge in [-0.2, -0.15) is 0 Å². The molecule has 3 N–H and O–H groups in total. The predicted molar refractivity (Wildman–Crippen MR) is 137 cm³/mol. The van der Waals surface area contributed by atoms with Crippen molar-refractivity contribution in [3.63, 3.8) is 0 Å². The number of esters is 1. The van der Waals surface area contributed by atoms with Crippen LogP contribution in [0.4, 0.5) is 0 Å². The number of amides is 1. The van der Waals surface area contributed by atoms with Crippen molar-refractivity contribution in [3.8, 4) is 5.75 Å². The molecule has 212 valence electrons. The number of benzene rings is 2. The molecule has 1 saturated heterocycles. The molecule has 0 aromatic heterocycles. The Bertz CT molecular complexity index is 1420. The molecule has 40 heavy (non-hydrogen) atoms. The van der Waals surface area contributed by atoms with Crippen LogP contribution in [0.5, 0.6) is 5.75 Å². The molecule has 0 aliphatic carbocycles. The topological polar surface area (TPSA) is 210 Å². The van der Waals surface area contributed by atoms with Crippen LogP contribution in [0.3, 0.4) is 0 Å². The molecule has 16 heteroatoms. The number of carbonyl (C=O) groups is 3. The summed E-state index contributed by atoms with van der Waals surface area (Å²) in [4.78, 5) is 39.4. The largest absolute Gasteiger partial charge is 0.465 e. The minimum absolute atomic E-state index is 0.0599. The maximum absolute atomic E-state index is 13.9. The number of hydrogen-bond acceptors (Lipinski definition) is 11. The Morgan fingerprint density at radius 1 is 1.27 bits per heavy atom. The molecule has 2 aliphatic rings. The van der Waals surface area contributed by atoms with Crippen molar-refractivity contribution in [2.45, 2.75) is 37.5 Å². The number of fused-ring (bicyclic) bond motifs is 1. The molecule has 15 nitrogen and oxygen atoms in total. The second-order valence-electron chi connectivity index (χ2n) is 8.72. The Hall–Kier alpha value is -3.81. The van der Waals surface area contributed by atoms with E-state index in [4.69, 9.17) is 18.5 Å². The maximum Gasteiger partial charge on any atom is 0.459 e. The lowest BCUT2D eigenvalue weighted by atomic mass is 10.1. The first-order valence-corrected chi connectivity index (χ1v) is 13.6. The van der Waals surface area contributed by atoms with Crippen molar-refractivity contribution in [2.24, 2.45) is 5.11 Å². The van der Waals surface area contributed by atoms with Crippen LogP contribution in [0, 0.1) is 0 Å². The van der Waals surface area contributed by atoms with E-state index in [9.17, 15) is 34.7 Å². The average molecular weight is 575 g/mol. The summed E-state index contributed by atoms with van der Waals surface area (Å²) in [6.07, 6.45) is -3.72. The lowest BCUT2D eigenvalue weighted by Crippen LogP contribution is -2.46. The van der Waals surface area contributed by atoms with Crippen LogP contribution >= 0.6 is 7.75 Å². The lowest BCUT2D eigenvalue weighted by molar-refractivity contribution is -0.159. The Balaban J connectivity index is 1.62. The first kappa shape index (κ1) is 29.2. The average Bonchev–Trinajstić information content (AvgIpc) is 3.17. The number of rotatable bonds is 11. The third-order valence-corrected chi connectivity index (χ3v) is 7.51. The minimum Gasteiger partial charge on any atom is -0.465 e. The van der Waals surface area contributed by atoms with Gasteiger partial charge in [-0.15, -0.1) is 0 Å². The Labute approximate surface area is 227 Å². The van der Waals surface area contributed by atoms with Gasteiger partial charge in [0.25, 0.3) is 0 Å². The van der Waals surface area contributed by atoms with E-state index in [0.29, 0.717) is 5.39 Å². The van der Waals surface area contributed by atoms with Gasteiger partial charge in [-0.1, -0.05) is 41.5 Å². The highest BCUT2D eigenvalue weighted by Crippen LogP contribution is 2.48. The number of ether oxygens (including phenoxy) is 2. The normalized spacial score (nSPS) is 25.9. The molecule has 2 heterocycles. The van der Waals surface area contributed by atoms with Crippen molar-refractivity contribution in [1.29, 1.82) is 0 Å². The van der Waals surface area contributed by atoms with Gasteiger partial charge in [0, 0.05) is 16.5 Å². The van der Waals surface area contributed by atoms with Crippen molar-refractivity contribution >= 4 is 36.2 Å². The van der Waals surface area contributed by atoms with Gasteiger partial charge < -0.3 is 24.2 Å². The van der Waals surface area contributed by atoms with E-state index in [-0.39, 0.29) is 12.4 Å². The molecule has 0 radical (unpaired) electrons. The highest BCUT2D eigenvalue weighted by molar-refractivity contribution is 7.52. The van der Waals surface area contributed by atoms with Crippen molar-refractivity contribution < 1.29 is 47.7 Å². The highest BCUT2D eigenvalue weighted by Gasteiger charge is 2.57. The summed E-state index contributed by atoms with van der Waals surface area (Å²) in [6.45, 7) is 0.0991. The first-order chi connectivity index (χ1) is 19.1. The van der Waals surface area contributed by atoms with Crippen molar-refractivity contribution in [2.75, 3.05) is 19.8 Å². The summed E-state index contributed by atoms with van der Waals surface area (Å²) < 4.78 is 35.6. The molecule has 0 bridgehead atoms. The maximum atomic E-state index is 13.9. The number of aliphatic hydroxyl groups is 2. The molecular weight excluding hydrogens is 549 g/mol. The zero-order valence-corrected chi connectivity index (χ0v) is 22.0. The van der Waals surface area contributed by atoms with Crippen LogP contribution in [0.25, 0.3) is 21.2 Å². The smallest absolute Gasteiger partial charge is 0.459 e. The number of azide groups is 1. The van der Waals surface area contributed by atoms with E-state index in [0.717, 1.165) is 22.6 Å². The quantitative estimate of drug-likeness (QED) is 0.0879. The number of carbonyl (C=O) groups excluding carboxylic acids is 3. The summed E-state index contributed by atoms with van der Waals surface area (Å²) in [7, 11) is -4.51.